The Balaban J connectivity index is 2.15. The zero-order valence-electron chi connectivity index (χ0n) is 12.4. The standard InChI is InChI=1S/C15H23N3O/c1-10(2)16-8-14-6-7-19-15(14)9-18-13(5)11(3)12(4)17-18/h6-7,10,16H,8-9H2,1-5H3. The Hall–Kier alpha value is -1.55. The van der Waals surface area contributed by atoms with Crippen LogP contribution in [-0.2, 0) is 13.1 Å². The van der Waals surface area contributed by atoms with Gasteiger partial charge in [0.2, 0.25) is 0 Å². The molecule has 2 aromatic heterocycles. The molecule has 0 bridgehead atoms. The predicted molar refractivity (Wildman–Crippen MR) is 76.2 cm³/mol. The first-order chi connectivity index (χ1) is 8.99. The number of aromatic nitrogens is 2. The lowest BCUT2D eigenvalue weighted by Gasteiger charge is -2.09. The van der Waals surface area contributed by atoms with Gasteiger partial charge in [0.15, 0.2) is 0 Å². The molecule has 0 aliphatic heterocycles. The monoisotopic (exact) mass is 261 g/mol. The molecule has 2 rings (SSSR count). The van der Waals surface area contributed by atoms with Gasteiger partial charge in [-0.3, -0.25) is 4.68 Å². The summed E-state index contributed by atoms with van der Waals surface area (Å²) in [5.74, 6) is 0.985. The van der Waals surface area contributed by atoms with Crippen molar-refractivity contribution in [1.29, 1.82) is 0 Å². The summed E-state index contributed by atoms with van der Waals surface area (Å²) in [4.78, 5) is 0. The highest BCUT2D eigenvalue weighted by Crippen LogP contribution is 2.16. The van der Waals surface area contributed by atoms with E-state index in [2.05, 4.69) is 38.1 Å². The van der Waals surface area contributed by atoms with E-state index in [9.17, 15) is 0 Å². The number of furan rings is 1. The molecule has 2 heterocycles. The molecule has 0 amide bonds. The van der Waals surface area contributed by atoms with Gasteiger partial charge in [0, 0.05) is 23.8 Å². The number of nitrogens with one attached hydrogen (secondary N) is 1. The maximum Gasteiger partial charge on any atom is 0.129 e. The largest absolute Gasteiger partial charge is 0.467 e. The highest BCUT2D eigenvalue weighted by atomic mass is 16.3. The lowest BCUT2D eigenvalue weighted by atomic mass is 10.2. The molecular weight excluding hydrogens is 238 g/mol. The van der Waals surface area contributed by atoms with Crippen LogP contribution < -0.4 is 5.32 Å². The molecule has 104 valence electrons. The van der Waals surface area contributed by atoms with Gasteiger partial charge in [0.25, 0.3) is 0 Å². The van der Waals surface area contributed by atoms with Crippen LogP contribution in [0.3, 0.4) is 0 Å². The molecule has 0 aliphatic carbocycles. The minimum atomic E-state index is 0.471. The summed E-state index contributed by atoms with van der Waals surface area (Å²) in [5.41, 5.74) is 4.76. The van der Waals surface area contributed by atoms with Gasteiger partial charge in [-0.25, -0.2) is 0 Å². The molecule has 0 unspecified atom stereocenters. The van der Waals surface area contributed by atoms with E-state index >= 15 is 0 Å². The van der Waals surface area contributed by atoms with Crippen LogP contribution in [-0.4, -0.2) is 15.8 Å². The van der Waals surface area contributed by atoms with Crippen molar-refractivity contribution in [3.63, 3.8) is 0 Å². The third kappa shape index (κ3) is 3.07. The van der Waals surface area contributed by atoms with E-state index in [1.807, 2.05) is 17.7 Å². The van der Waals surface area contributed by atoms with Crippen molar-refractivity contribution in [2.45, 2.75) is 53.8 Å². The fraction of sp³-hybridized carbons (Fsp3) is 0.533. The van der Waals surface area contributed by atoms with E-state index in [1.165, 1.54) is 16.8 Å². The summed E-state index contributed by atoms with van der Waals surface area (Å²) >= 11 is 0. The van der Waals surface area contributed by atoms with E-state index in [4.69, 9.17) is 4.42 Å². The average molecular weight is 261 g/mol. The van der Waals surface area contributed by atoms with E-state index in [1.54, 1.807) is 6.26 Å². The summed E-state index contributed by atoms with van der Waals surface area (Å²) in [5, 5.41) is 7.97. The first-order valence-corrected chi connectivity index (χ1v) is 6.78. The zero-order chi connectivity index (χ0) is 14.0. The Morgan fingerprint density at radius 3 is 2.63 bits per heavy atom. The van der Waals surface area contributed by atoms with Gasteiger partial charge in [-0.05, 0) is 32.4 Å². The molecule has 0 radical (unpaired) electrons. The van der Waals surface area contributed by atoms with Gasteiger partial charge < -0.3 is 9.73 Å². The van der Waals surface area contributed by atoms with Crippen LogP contribution in [0.2, 0.25) is 0 Å². The molecule has 1 N–H and O–H groups in total. The number of rotatable bonds is 5. The van der Waals surface area contributed by atoms with Crippen LogP contribution in [0, 0.1) is 20.8 Å². The van der Waals surface area contributed by atoms with Crippen LogP contribution in [0.25, 0.3) is 0 Å². The summed E-state index contributed by atoms with van der Waals surface area (Å²) in [6.07, 6.45) is 1.76. The fourth-order valence-corrected chi connectivity index (χ4v) is 2.05. The average Bonchev–Trinajstić information content (AvgIpc) is 2.89. The van der Waals surface area contributed by atoms with Crippen molar-refractivity contribution >= 4 is 0 Å². The molecule has 19 heavy (non-hydrogen) atoms. The van der Waals surface area contributed by atoms with E-state index in [-0.39, 0.29) is 0 Å². The molecule has 0 aromatic carbocycles. The zero-order valence-corrected chi connectivity index (χ0v) is 12.4. The topological polar surface area (TPSA) is 43.0 Å². The van der Waals surface area contributed by atoms with Crippen molar-refractivity contribution in [2.75, 3.05) is 0 Å². The Labute approximate surface area is 114 Å². The fourth-order valence-electron chi connectivity index (χ4n) is 2.05. The van der Waals surface area contributed by atoms with E-state index < -0.39 is 0 Å². The second-order valence-electron chi connectivity index (χ2n) is 5.36. The minimum absolute atomic E-state index is 0.471. The van der Waals surface area contributed by atoms with Crippen molar-refractivity contribution in [3.05, 3.63) is 40.6 Å². The molecule has 0 fully saturated rings. The molecule has 4 heteroatoms. The van der Waals surface area contributed by atoms with Gasteiger partial charge >= 0.3 is 0 Å². The number of hydrogen-bond acceptors (Lipinski definition) is 3. The summed E-state index contributed by atoms with van der Waals surface area (Å²) in [6, 6.07) is 2.50. The predicted octanol–water partition coefficient (Wildman–Crippen LogP) is 2.95. The van der Waals surface area contributed by atoms with Gasteiger partial charge in [-0.2, -0.15) is 5.10 Å². The van der Waals surface area contributed by atoms with Gasteiger partial charge in [0.05, 0.1) is 18.5 Å². The lowest BCUT2D eigenvalue weighted by molar-refractivity contribution is 0.466. The molecule has 0 atom stereocenters. The quantitative estimate of drug-likeness (QED) is 0.900. The van der Waals surface area contributed by atoms with E-state index in [0.717, 1.165) is 18.0 Å². The first kappa shape index (κ1) is 13.9. The third-order valence-corrected chi connectivity index (χ3v) is 3.58. The van der Waals surface area contributed by atoms with Crippen molar-refractivity contribution in [1.82, 2.24) is 15.1 Å². The third-order valence-electron chi connectivity index (χ3n) is 3.58. The molecule has 0 saturated heterocycles. The molecular formula is C15H23N3O. The Kier molecular flexibility index (Phi) is 4.10. The van der Waals surface area contributed by atoms with Crippen LogP contribution in [0.5, 0.6) is 0 Å². The number of aryl methyl sites for hydroxylation is 1. The van der Waals surface area contributed by atoms with Crippen molar-refractivity contribution in [2.24, 2.45) is 0 Å². The normalized spacial score (nSPS) is 11.5. The van der Waals surface area contributed by atoms with Crippen molar-refractivity contribution < 1.29 is 4.42 Å². The van der Waals surface area contributed by atoms with Crippen LogP contribution in [0.1, 0.15) is 42.1 Å². The summed E-state index contributed by atoms with van der Waals surface area (Å²) in [7, 11) is 0. The van der Waals surface area contributed by atoms with E-state index in [0.29, 0.717) is 12.6 Å². The Morgan fingerprint density at radius 2 is 2.05 bits per heavy atom. The summed E-state index contributed by atoms with van der Waals surface area (Å²) in [6.45, 7) is 12.1. The smallest absolute Gasteiger partial charge is 0.129 e. The highest BCUT2D eigenvalue weighted by molar-refractivity contribution is 5.24. The SMILES string of the molecule is Cc1nn(Cc2occc2CNC(C)C)c(C)c1C. The van der Waals surface area contributed by atoms with Crippen LogP contribution in [0.4, 0.5) is 0 Å². The maximum absolute atomic E-state index is 5.60. The Bertz CT molecular complexity index is 552. The number of hydrogen-bond donors (Lipinski definition) is 1. The molecule has 4 nitrogen and oxygen atoms in total. The molecule has 0 spiro atoms. The maximum atomic E-state index is 5.60. The van der Waals surface area contributed by atoms with Crippen LogP contribution >= 0.6 is 0 Å². The second-order valence-corrected chi connectivity index (χ2v) is 5.36. The molecule has 0 aliphatic rings. The molecule has 0 saturated carbocycles. The molecule has 2 aromatic rings. The lowest BCUT2D eigenvalue weighted by Crippen LogP contribution is -2.22. The van der Waals surface area contributed by atoms with Crippen molar-refractivity contribution in [3.8, 4) is 0 Å². The highest BCUT2D eigenvalue weighted by Gasteiger charge is 2.12. The Morgan fingerprint density at radius 1 is 1.32 bits per heavy atom. The van der Waals surface area contributed by atoms with Crippen LogP contribution in [0.15, 0.2) is 16.7 Å². The van der Waals surface area contributed by atoms with Gasteiger partial charge in [0.1, 0.15) is 5.76 Å². The minimum Gasteiger partial charge on any atom is -0.467 e. The second kappa shape index (κ2) is 5.61. The number of nitrogens with zero attached hydrogens (tertiary/aromatic N) is 2. The van der Waals surface area contributed by atoms with Gasteiger partial charge in [-0.1, -0.05) is 13.8 Å². The first-order valence-electron chi connectivity index (χ1n) is 6.78. The summed E-state index contributed by atoms with van der Waals surface area (Å²) < 4.78 is 7.62. The van der Waals surface area contributed by atoms with Gasteiger partial charge in [-0.15, -0.1) is 0 Å².